The number of benzene rings is 1. The average molecular weight is 308 g/mol. The lowest BCUT2D eigenvalue weighted by Crippen LogP contribution is -2.25. The van der Waals surface area contributed by atoms with Gasteiger partial charge in [-0.25, -0.2) is 4.98 Å². The second-order valence-electron chi connectivity index (χ2n) is 4.58. The summed E-state index contributed by atoms with van der Waals surface area (Å²) in [6.07, 6.45) is 2.81. The van der Waals surface area contributed by atoms with Crippen molar-refractivity contribution in [2.24, 2.45) is 0 Å². The zero-order valence-electron chi connectivity index (χ0n) is 10.7. The molecule has 0 aliphatic carbocycles. The molecular formula is C14H18BrN3. The van der Waals surface area contributed by atoms with Crippen molar-refractivity contribution in [3.05, 3.63) is 40.8 Å². The van der Waals surface area contributed by atoms with Gasteiger partial charge in [0, 0.05) is 29.0 Å². The van der Waals surface area contributed by atoms with Crippen molar-refractivity contribution in [2.45, 2.75) is 26.3 Å². The van der Waals surface area contributed by atoms with Crippen LogP contribution in [0.5, 0.6) is 0 Å². The summed E-state index contributed by atoms with van der Waals surface area (Å²) in [7, 11) is 0. The molecule has 2 aromatic rings. The van der Waals surface area contributed by atoms with E-state index < -0.39 is 0 Å². The lowest BCUT2D eigenvalue weighted by Gasteiger charge is -2.05. The van der Waals surface area contributed by atoms with Crippen LogP contribution in [-0.4, -0.2) is 22.6 Å². The average Bonchev–Trinajstić information content (AvgIpc) is 2.78. The number of nitrogens with zero attached hydrogens (tertiary/aromatic N) is 1. The predicted molar refractivity (Wildman–Crippen MR) is 78.6 cm³/mol. The van der Waals surface area contributed by atoms with Gasteiger partial charge in [-0.3, -0.25) is 0 Å². The zero-order valence-corrected chi connectivity index (χ0v) is 12.3. The number of imidazole rings is 1. The number of halogens is 1. The maximum atomic E-state index is 4.41. The number of hydrogen-bond donors (Lipinski definition) is 2. The fourth-order valence-electron chi connectivity index (χ4n) is 1.79. The van der Waals surface area contributed by atoms with Crippen molar-refractivity contribution in [3.63, 3.8) is 0 Å². The maximum absolute atomic E-state index is 4.41. The van der Waals surface area contributed by atoms with Gasteiger partial charge in [0.15, 0.2) is 0 Å². The molecule has 4 heteroatoms. The van der Waals surface area contributed by atoms with Gasteiger partial charge in [-0.05, 0) is 6.07 Å². The first kappa shape index (κ1) is 13.3. The van der Waals surface area contributed by atoms with Gasteiger partial charge in [0.25, 0.3) is 0 Å². The third-order valence-electron chi connectivity index (χ3n) is 2.71. The lowest BCUT2D eigenvalue weighted by molar-refractivity contribution is 0.584. The Morgan fingerprint density at radius 3 is 2.83 bits per heavy atom. The molecule has 0 saturated carbocycles. The number of nitrogens with one attached hydrogen (secondary N) is 2. The molecule has 0 fully saturated rings. The highest BCUT2D eigenvalue weighted by Crippen LogP contribution is 2.26. The summed E-state index contributed by atoms with van der Waals surface area (Å²) in [5.41, 5.74) is 2.20. The Morgan fingerprint density at radius 2 is 2.11 bits per heavy atom. The minimum Gasteiger partial charge on any atom is -0.342 e. The largest absolute Gasteiger partial charge is 0.342 e. The van der Waals surface area contributed by atoms with Gasteiger partial charge in [-0.2, -0.15) is 0 Å². The second-order valence-corrected chi connectivity index (χ2v) is 5.44. The van der Waals surface area contributed by atoms with Crippen LogP contribution < -0.4 is 5.32 Å². The van der Waals surface area contributed by atoms with Crippen LogP contribution in [0.3, 0.4) is 0 Å². The van der Waals surface area contributed by atoms with E-state index >= 15 is 0 Å². The van der Waals surface area contributed by atoms with Gasteiger partial charge in [0.2, 0.25) is 0 Å². The van der Waals surface area contributed by atoms with Crippen molar-refractivity contribution >= 4 is 15.9 Å². The van der Waals surface area contributed by atoms with Crippen molar-refractivity contribution in [1.29, 1.82) is 0 Å². The molecule has 0 amide bonds. The Labute approximate surface area is 116 Å². The Balaban J connectivity index is 2.04. The molecule has 1 aromatic carbocycles. The van der Waals surface area contributed by atoms with E-state index in [1.54, 1.807) is 0 Å². The molecule has 0 radical (unpaired) electrons. The van der Waals surface area contributed by atoms with Gasteiger partial charge < -0.3 is 10.3 Å². The molecule has 1 aromatic heterocycles. The lowest BCUT2D eigenvalue weighted by atomic mass is 10.2. The highest BCUT2D eigenvalue weighted by atomic mass is 79.9. The molecule has 0 atom stereocenters. The Morgan fingerprint density at radius 1 is 1.33 bits per heavy atom. The first-order valence-electron chi connectivity index (χ1n) is 6.19. The van der Waals surface area contributed by atoms with Crippen LogP contribution >= 0.6 is 15.9 Å². The molecule has 2 N–H and O–H groups in total. The monoisotopic (exact) mass is 307 g/mol. The summed E-state index contributed by atoms with van der Waals surface area (Å²) >= 11 is 3.55. The summed E-state index contributed by atoms with van der Waals surface area (Å²) in [6, 6.07) is 8.67. The summed E-state index contributed by atoms with van der Waals surface area (Å²) in [4.78, 5) is 7.78. The standard InChI is InChI=1S/C14H18BrN3/c1-10(2)16-8-7-14-17-9-13(18-14)11-5-3-4-6-12(11)15/h3-6,9-10,16H,7-8H2,1-2H3,(H,17,18). The summed E-state index contributed by atoms with van der Waals surface area (Å²) in [5.74, 6) is 1.02. The van der Waals surface area contributed by atoms with E-state index in [4.69, 9.17) is 0 Å². The van der Waals surface area contributed by atoms with Crippen LogP contribution in [0, 0.1) is 0 Å². The molecule has 0 aliphatic heterocycles. The minimum atomic E-state index is 0.516. The highest BCUT2D eigenvalue weighted by Gasteiger charge is 2.06. The molecule has 18 heavy (non-hydrogen) atoms. The molecular weight excluding hydrogens is 290 g/mol. The van der Waals surface area contributed by atoms with Gasteiger partial charge in [-0.1, -0.05) is 48.0 Å². The molecule has 0 aliphatic rings. The molecule has 0 unspecified atom stereocenters. The van der Waals surface area contributed by atoms with Crippen molar-refractivity contribution in [2.75, 3.05) is 6.54 Å². The molecule has 1 heterocycles. The van der Waals surface area contributed by atoms with Crippen molar-refractivity contribution in [1.82, 2.24) is 15.3 Å². The third kappa shape index (κ3) is 3.43. The second kappa shape index (κ2) is 6.16. The van der Waals surface area contributed by atoms with E-state index in [0.717, 1.165) is 34.5 Å². The normalized spacial score (nSPS) is 11.1. The topological polar surface area (TPSA) is 40.7 Å². The first-order chi connectivity index (χ1) is 8.66. The SMILES string of the molecule is CC(C)NCCc1ncc(-c2ccccc2Br)[nH]1. The highest BCUT2D eigenvalue weighted by molar-refractivity contribution is 9.10. The van der Waals surface area contributed by atoms with E-state index in [-0.39, 0.29) is 0 Å². The van der Waals surface area contributed by atoms with Gasteiger partial charge in [0.05, 0.1) is 11.9 Å². The van der Waals surface area contributed by atoms with Crippen LogP contribution in [0.15, 0.2) is 34.9 Å². The zero-order chi connectivity index (χ0) is 13.0. The van der Waals surface area contributed by atoms with E-state index in [2.05, 4.69) is 51.1 Å². The summed E-state index contributed by atoms with van der Waals surface area (Å²) in [6.45, 7) is 5.24. The van der Waals surface area contributed by atoms with Crippen molar-refractivity contribution in [3.8, 4) is 11.3 Å². The number of aromatic amines is 1. The van der Waals surface area contributed by atoms with Crippen LogP contribution in [0.1, 0.15) is 19.7 Å². The Bertz CT molecular complexity index is 505. The van der Waals surface area contributed by atoms with E-state index in [0.29, 0.717) is 6.04 Å². The molecule has 3 nitrogen and oxygen atoms in total. The summed E-state index contributed by atoms with van der Waals surface area (Å²) < 4.78 is 1.08. The smallest absolute Gasteiger partial charge is 0.107 e. The van der Waals surface area contributed by atoms with E-state index in [9.17, 15) is 0 Å². The number of rotatable bonds is 5. The quantitative estimate of drug-likeness (QED) is 0.889. The number of hydrogen-bond acceptors (Lipinski definition) is 2. The Kier molecular flexibility index (Phi) is 4.55. The molecule has 2 rings (SSSR count). The van der Waals surface area contributed by atoms with Gasteiger partial charge in [0.1, 0.15) is 5.82 Å². The minimum absolute atomic E-state index is 0.516. The predicted octanol–water partition coefficient (Wildman–Crippen LogP) is 3.38. The number of H-pyrrole nitrogens is 1. The third-order valence-corrected chi connectivity index (χ3v) is 3.40. The van der Waals surface area contributed by atoms with Crippen molar-refractivity contribution < 1.29 is 0 Å². The fourth-order valence-corrected chi connectivity index (χ4v) is 2.28. The fraction of sp³-hybridized carbons (Fsp3) is 0.357. The van der Waals surface area contributed by atoms with E-state index in [1.165, 1.54) is 0 Å². The molecule has 0 saturated heterocycles. The van der Waals surface area contributed by atoms with Gasteiger partial charge in [-0.15, -0.1) is 0 Å². The molecule has 0 bridgehead atoms. The summed E-state index contributed by atoms with van der Waals surface area (Å²) in [5, 5.41) is 3.39. The Hall–Kier alpha value is -1.13. The maximum Gasteiger partial charge on any atom is 0.107 e. The molecule has 0 spiro atoms. The first-order valence-corrected chi connectivity index (χ1v) is 6.98. The van der Waals surface area contributed by atoms with Crippen LogP contribution in [0.25, 0.3) is 11.3 Å². The van der Waals surface area contributed by atoms with Crippen LogP contribution in [0.2, 0.25) is 0 Å². The van der Waals surface area contributed by atoms with Crippen LogP contribution in [-0.2, 0) is 6.42 Å². The van der Waals surface area contributed by atoms with E-state index in [1.807, 2.05) is 24.4 Å². The van der Waals surface area contributed by atoms with Gasteiger partial charge >= 0.3 is 0 Å². The van der Waals surface area contributed by atoms with Crippen LogP contribution in [0.4, 0.5) is 0 Å². The molecule has 96 valence electrons. The number of aromatic nitrogens is 2.